The first-order valence-electron chi connectivity index (χ1n) is 6.99. The predicted octanol–water partition coefficient (Wildman–Crippen LogP) is 2.01. The lowest BCUT2D eigenvalue weighted by Crippen LogP contribution is -2.36. The minimum absolute atomic E-state index is 0.0354. The molecule has 0 atom stereocenters. The van der Waals surface area contributed by atoms with Gasteiger partial charge < -0.3 is 16.4 Å². The van der Waals surface area contributed by atoms with E-state index in [-0.39, 0.29) is 33.6 Å². The lowest BCUT2D eigenvalue weighted by molar-refractivity contribution is -0.115. The second-order valence-corrected chi connectivity index (χ2v) is 6.13. The maximum atomic E-state index is 12.8. The van der Waals surface area contributed by atoms with E-state index >= 15 is 0 Å². The molecule has 0 fully saturated rings. The van der Waals surface area contributed by atoms with Crippen LogP contribution in [-0.2, 0) is 4.79 Å². The zero-order valence-electron chi connectivity index (χ0n) is 13.0. The summed E-state index contributed by atoms with van der Waals surface area (Å²) >= 11 is 1.06. The first kappa shape index (κ1) is 17.5. The molecule has 5 N–H and O–H groups in total. The van der Waals surface area contributed by atoms with Crippen molar-refractivity contribution in [3.63, 3.8) is 0 Å². The highest BCUT2D eigenvalue weighted by Crippen LogP contribution is 2.26. The molecule has 2 aromatic heterocycles. The second kappa shape index (κ2) is 7.18. The zero-order valence-corrected chi connectivity index (χ0v) is 13.8. The van der Waals surface area contributed by atoms with Crippen LogP contribution in [0.15, 0.2) is 23.7 Å². The molecule has 2 rings (SSSR count). The van der Waals surface area contributed by atoms with Gasteiger partial charge in [-0.15, -0.1) is 11.3 Å². The fraction of sp³-hybridized carbons (Fsp3) is 0.200. The van der Waals surface area contributed by atoms with Crippen LogP contribution < -0.4 is 16.4 Å². The summed E-state index contributed by atoms with van der Waals surface area (Å²) in [5.74, 6) is -1.87. The Morgan fingerprint density at radius 1 is 1.38 bits per heavy atom. The number of rotatable bonds is 5. The molecule has 2 aromatic rings. The molecule has 2 amide bonds. The van der Waals surface area contributed by atoms with Crippen LogP contribution in [0.2, 0.25) is 0 Å². The molecule has 0 saturated heterocycles. The van der Waals surface area contributed by atoms with Gasteiger partial charge in [-0.1, -0.05) is 0 Å². The van der Waals surface area contributed by atoms with Crippen molar-refractivity contribution in [2.24, 2.45) is 0 Å². The molecular formula is C15H16FN5O2S. The molecule has 7 nitrogen and oxygen atoms in total. The number of anilines is 2. The third-order valence-electron chi connectivity index (χ3n) is 2.95. The van der Waals surface area contributed by atoms with Crippen LogP contribution in [0.5, 0.6) is 0 Å². The van der Waals surface area contributed by atoms with E-state index in [1.165, 1.54) is 11.4 Å². The van der Waals surface area contributed by atoms with Crippen LogP contribution in [0.3, 0.4) is 0 Å². The Hall–Kier alpha value is -2.81. The fourth-order valence-electron chi connectivity index (χ4n) is 1.89. The Kier molecular flexibility index (Phi) is 5.24. The highest BCUT2D eigenvalue weighted by Gasteiger charge is 2.24. The molecule has 2 heterocycles. The van der Waals surface area contributed by atoms with Gasteiger partial charge in [0.2, 0.25) is 5.95 Å². The van der Waals surface area contributed by atoms with Crippen molar-refractivity contribution in [1.82, 2.24) is 10.3 Å². The number of aromatic nitrogens is 1. The van der Waals surface area contributed by atoms with Crippen molar-refractivity contribution in [1.29, 1.82) is 5.41 Å². The van der Waals surface area contributed by atoms with Gasteiger partial charge in [-0.2, -0.15) is 4.39 Å². The van der Waals surface area contributed by atoms with E-state index in [1.54, 1.807) is 13.8 Å². The van der Waals surface area contributed by atoms with Gasteiger partial charge in [-0.3, -0.25) is 15.0 Å². The Labute approximate surface area is 141 Å². The highest BCUT2D eigenvalue weighted by atomic mass is 32.1. The Bertz CT molecular complexity index is 786. The number of nitrogens with zero attached hydrogens (tertiary/aromatic N) is 1. The van der Waals surface area contributed by atoms with Crippen molar-refractivity contribution in [2.45, 2.75) is 19.9 Å². The molecule has 0 aliphatic carbocycles. The van der Waals surface area contributed by atoms with E-state index in [1.807, 2.05) is 0 Å². The highest BCUT2D eigenvalue weighted by molar-refractivity contribution is 7.14. The van der Waals surface area contributed by atoms with Crippen LogP contribution in [0.4, 0.5) is 15.1 Å². The number of nitrogens with one attached hydrogen (secondary N) is 3. The third kappa shape index (κ3) is 3.93. The van der Waals surface area contributed by atoms with Gasteiger partial charge >= 0.3 is 0 Å². The summed E-state index contributed by atoms with van der Waals surface area (Å²) in [5, 5.41) is 14.8. The van der Waals surface area contributed by atoms with E-state index in [0.29, 0.717) is 0 Å². The summed E-state index contributed by atoms with van der Waals surface area (Å²) in [6.45, 7) is 3.53. The van der Waals surface area contributed by atoms with Gasteiger partial charge in [0.15, 0.2) is 0 Å². The topological polar surface area (TPSA) is 121 Å². The standard InChI is InChI=1S/C15H16FN5O2S/c1-7(2)20-15(23)12(17)9-6-24-13(18)11(9)14(22)21-8-3-4-10(16)19-5-8/h3-7,17H,18H2,1-2H3,(H,20,23)(H,21,22). The van der Waals surface area contributed by atoms with Crippen molar-refractivity contribution in [3.05, 3.63) is 40.8 Å². The molecule has 24 heavy (non-hydrogen) atoms. The number of hydrogen-bond donors (Lipinski definition) is 4. The summed E-state index contributed by atoms with van der Waals surface area (Å²) < 4.78 is 12.8. The molecule has 0 bridgehead atoms. The number of thiophene rings is 1. The largest absolute Gasteiger partial charge is 0.390 e. The first-order chi connectivity index (χ1) is 11.3. The monoisotopic (exact) mass is 349 g/mol. The van der Waals surface area contributed by atoms with Crippen molar-refractivity contribution in [2.75, 3.05) is 11.1 Å². The van der Waals surface area contributed by atoms with Crippen molar-refractivity contribution < 1.29 is 14.0 Å². The maximum Gasteiger partial charge on any atom is 0.270 e. The van der Waals surface area contributed by atoms with Crippen LogP contribution in [0.25, 0.3) is 0 Å². The van der Waals surface area contributed by atoms with Gasteiger partial charge in [0, 0.05) is 17.0 Å². The number of carbonyl (C=O) groups is 2. The Balaban J connectivity index is 2.25. The lowest BCUT2D eigenvalue weighted by atomic mass is 10.1. The molecular weight excluding hydrogens is 333 g/mol. The quantitative estimate of drug-likeness (QED) is 0.487. The van der Waals surface area contributed by atoms with Crippen molar-refractivity contribution in [3.8, 4) is 0 Å². The van der Waals surface area contributed by atoms with Crippen LogP contribution >= 0.6 is 11.3 Å². The van der Waals surface area contributed by atoms with E-state index < -0.39 is 17.8 Å². The van der Waals surface area contributed by atoms with Gasteiger partial charge in [-0.05, 0) is 26.0 Å². The second-order valence-electron chi connectivity index (χ2n) is 5.22. The number of halogens is 1. The average Bonchev–Trinajstić information content (AvgIpc) is 2.89. The number of pyridine rings is 1. The fourth-order valence-corrected chi connectivity index (χ4v) is 2.69. The van der Waals surface area contributed by atoms with E-state index in [2.05, 4.69) is 15.6 Å². The molecule has 0 unspecified atom stereocenters. The lowest BCUT2D eigenvalue weighted by Gasteiger charge is -2.10. The number of carbonyl (C=O) groups excluding carboxylic acids is 2. The summed E-state index contributed by atoms with van der Waals surface area (Å²) in [7, 11) is 0. The summed E-state index contributed by atoms with van der Waals surface area (Å²) in [6, 6.07) is 2.31. The molecule has 0 radical (unpaired) electrons. The van der Waals surface area contributed by atoms with E-state index in [9.17, 15) is 14.0 Å². The summed E-state index contributed by atoms with van der Waals surface area (Å²) in [6.07, 6.45) is 1.16. The number of nitrogens with two attached hydrogens (primary N) is 1. The molecule has 9 heteroatoms. The van der Waals surface area contributed by atoms with Gasteiger partial charge in [-0.25, -0.2) is 4.98 Å². The van der Waals surface area contributed by atoms with E-state index in [0.717, 1.165) is 23.6 Å². The minimum atomic E-state index is -0.670. The Morgan fingerprint density at radius 3 is 2.67 bits per heavy atom. The maximum absolute atomic E-state index is 12.8. The molecule has 0 aromatic carbocycles. The van der Waals surface area contributed by atoms with Gasteiger partial charge in [0.25, 0.3) is 11.8 Å². The number of amides is 2. The summed E-state index contributed by atoms with van der Waals surface area (Å²) in [4.78, 5) is 27.8. The number of nitrogen functional groups attached to an aromatic ring is 1. The molecule has 0 aliphatic heterocycles. The van der Waals surface area contributed by atoms with Gasteiger partial charge in [0.1, 0.15) is 5.71 Å². The molecule has 126 valence electrons. The van der Waals surface area contributed by atoms with Crippen LogP contribution in [-0.4, -0.2) is 28.6 Å². The smallest absolute Gasteiger partial charge is 0.270 e. The Morgan fingerprint density at radius 2 is 2.08 bits per heavy atom. The molecule has 0 saturated carbocycles. The zero-order chi connectivity index (χ0) is 17.9. The van der Waals surface area contributed by atoms with Crippen LogP contribution in [0, 0.1) is 11.4 Å². The summed E-state index contributed by atoms with van der Waals surface area (Å²) in [5.41, 5.74) is 5.92. The van der Waals surface area contributed by atoms with E-state index in [4.69, 9.17) is 11.1 Å². The molecule has 0 aliphatic rings. The number of hydrogen-bond acceptors (Lipinski definition) is 6. The average molecular weight is 349 g/mol. The SMILES string of the molecule is CC(C)NC(=O)C(=N)c1csc(N)c1C(=O)Nc1ccc(F)nc1. The van der Waals surface area contributed by atoms with Crippen molar-refractivity contribution >= 4 is 39.6 Å². The first-order valence-corrected chi connectivity index (χ1v) is 7.87. The normalized spacial score (nSPS) is 10.5. The molecule has 0 spiro atoms. The third-order valence-corrected chi connectivity index (χ3v) is 3.76. The minimum Gasteiger partial charge on any atom is -0.390 e. The predicted molar refractivity (Wildman–Crippen MR) is 91.0 cm³/mol. The van der Waals surface area contributed by atoms with Crippen LogP contribution in [0.1, 0.15) is 29.8 Å². The van der Waals surface area contributed by atoms with Gasteiger partial charge in [0.05, 0.1) is 22.4 Å².